The zero-order valence-electron chi connectivity index (χ0n) is 17.5. The van der Waals surface area contributed by atoms with Gasteiger partial charge in [-0.15, -0.1) is 0 Å². The summed E-state index contributed by atoms with van der Waals surface area (Å²) in [5.74, 6) is -0.310. The quantitative estimate of drug-likeness (QED) is 0.564. The minimum atomic E-state index is -0.585. The van der Waals surface area contributed by atoms with E-state index >= 15 is 0 Å². The third kappa shape index (κ3) is 9.99. The topological polar surface area (TPSA) is 73.9 Å². The summed E-state index contributed by atoms with van der Waals surface area (Å²) in [5, 5.41) is 2.85. The number of ether oxygens (including phenoxy) is 3. The summed E-state index contributed by atoms with van der Waals surface area (Å²) >= 11 is 0. The number of carbonyl (C=O) groups is 2. The zero-order chi connectivity index (χ0) is 20.7. The number of hydrogen-bond acceptors (Lipinski definition) is 5. The SMILES string of the molecule is Cc1ccccc1[C@H](COCCC(=O)OC(C)(C)C)NC(=O)OC(C)(C)C. The van der Waals surface area contributed by atoms with Crippen LogP contribution in [0.2, 0.25) is 0 Å². The number of alkyl carbamates (subject to hydrolysis) is 1. The Kier molecular flexibility index (Phi) is 8.28. The lowest BCUT2D eigenvalue weighted by Gasteiger charge is -2.25. The van der Waals surface area contributed by atoms with E-state index in [1.165, 1.54) is 0 Å². The van der Waals surface area contributed by atoms with Gasteiger partial charge in [0, 0.05) is 0 Å². The first kappa shape index (κ1) is 23.0. The van der Waals surface area contributed by atoms with Crippen LogP contribution >= 0.6 is 0 Å². The van der Waals surface area contributed by atoms with Crippen LogP contribution in [0, 0.1) is 6.92 Å². The highest BCUT2D eigenvalue weighted by Gasteiger charge is 2.22. The van der Waals surface area contributed by atoms with Crippen LogP contribution in [0.1, 0.15) is 65.1 Å². The maximum Gasteiger partial charge on any atom is 0.408 e. The van der Waals surface area contributed by atoms with E-state index in [0.717, 1.165) is 11.1 Å². The molecule has 1 amide bonds. The Morgan fingerprint density at radius 1 is 1.00 bits per heavy atom. The maximum absolute atomic E-state index is 12.2. The van der Waals surface area contributed by atoms with Crippen LogP contribution in [0.25, 0.3) is 0 Å². The summed E-state index contributed by atoms with van der Waals surface area (Å²) in [6.07, 6.45) is -0.351. The molecule has 0 saturated carbocycles. The fourth-order valence-electron chi connectivity index (χ4n) is 2.39. The van der Waals surface area contributed by atoms with E-state index in [1.807, 2.05) is 72.7 Å². The molecule has 0 unspecified atom stereocenters. The smallest absolute Gasteiger partial charge is 0.408 e. The van der Waals surface area contributed by atoms with Crippen molar-refractivity contribution >= 4 is 12.1 Å². The molecule has 0 aliphatic rings. The highest BCUT2D eigenvalue weighted by atomic mass is 16.6. The van der Waals surface area contributed by atoms with E-state index in [-0.39, 0.29) is 31.6 Å². The Balaban J connectivity index is 2.66. The number of rotatable bonds is 7. The summed E-state index contributed by atoms with van der Waals surface area (Å²) in [6, 6.07) is 7.38. The van der Waals surface area contributed by atoms with Gasteiger partial charge in [-0.3, -0.25) is 4.79 Å². The highest BCUT2D eigenvalue weighted by molar-refractivity contribution is 5.70. The number of carbonyl (C=O) groups excluding carboxylic acids is 2. The molecule has 6 heteroatoms. The Morgan fingerprint density at radius 3 is 2.15 bits per heavy atom. The lowest BCUT2D eigenvalue weighted by atomic mass is 10.0. The van der Waals surface area contributed by atoms with E-state index in [2.05, 4.69) is 5.32 Å². The Hall–Kier alpha value is -2.08. The lowest BCUT2D eigenvalue weighted by molar-refractivity contribution is -0.156. The molecule has 0 heterocycles. The third-order valence-corrected chi connectivity index (χ3v) is 3.41. The minimum Gasteiger partial charge on any atom is -0.460 e. The normalized spacial score (nSPS) is 13.0. The molecule has 0 aromatic heterocycles. The molecule has 1 aromatic rings. The molecule has 0 fully saturated rings. The van der Waals surface area contributed by atoms with Gasteiger partial charge in [-0.05, 0) is 59.6 Å². The molecule has 0 radical (unpaired) electrons. The molecule has 6 nitrogen and oxygen atoms in total. The molecule has 27 heavy (non-hydrogen) atoms. The van der Waals surface area contributed by atoms with Crippen molar-refractivity contribution in [1.29, 1.82) is 0 Å². The van der Waals surface area contributed by atoms with Crippen LogP contribution in [-0.2, 0) is 19.0 Å². The van der Waals surface area contributed by atoms with Gasteiger partial charge in [-0.2, -0.15) is 0 Å². The number of nitrogens with one attached hydrogen (secondary N) is 1. The van der Waals surface area contributed by atoms with Gasteiger partial charge in [0.05, 0.1) is 25.7 Å². The van der Waals surface area contributed by atoms with Gasteiger partial charge in [0.2, 0.25) is 0 Å². The van der Waals surface area contributed by atoms with Crippen molar-refractivity contribution in [3.8, 4) is 0 Å². The van der Waals surface area contributed by atoms with Gasteiger partial charge in [0.1, 0.15) is 11.2 Å². The first-order valence-corrected chi connectivity index (χ1v) is 9.22. The van der Waals surface area contributed by atoms with E-state index in [4.69, 9.17) is 14.2 Å². The van der Waals surface area contributed by atoms with Crippen LogP contribution in [0.4, 0.5) is 4.79 Å². The summed E-state index contributed by atoms with van der Waals surface area (Å²) in [4.78, 5) is 24.0. The summed E-state index contributed by atoms with van der Waals surface area (Å²) < 4.78 is 16.3. The largest absolute Gasteiger partial charge is 0.460 e. The van der Waals surface area contributed by atoms with Crippen LogP contribution in [0.15, 0.2) is 24.3 Å². The van der Waals surface area contributed by atoms with Gasteiger partial charge in [-0.25, -0.2) is 4.79 Å². The summed E-state index contributed by atoms with van der Waals surface area (Å²) in [6.45, 7) is 13.3. The van der Waals surface area contributed by atoms with Crippen LogP contribution in [0.3, 0.4) is 0 Å². The lowest BCUT2D eigenvalue weighted by Crippen LogP contribution is -2.37. The molecule has 1 rings (SSSR count). The molecule has 1 N–H and O–H groups in total. The van der Waals surface area contributed by atoms with Gasteiger partial charge in [0.25, 0.3) is 0 Å². The Morgan fingerprint density at radius 2 is 1.59 bits per heavy atom. The van der Waals surface area contributed by atoms with Gasteiger partial charge >= 0.3 is 12.1 Å². The average Bonchev–Trinajstić information content (AvgIpc) is 2.47. The van der Waals surface area contributed by atoms with Crippen molar-refractivity contribution in [1.82, 2.24) is 5.32 Å². The van der Waals surface area contributed by atoms with Crippen molar-refractivity contribution in [2.75, 3.05) is 13.2 Å². The second kappa shape index (κ2) is 9.74. The molecule has 152 valence electrons. The molecule has 0 saturated heterocycles. The van der Waals surface area contributed by atoms with Crippen molar-refractivity contribution in [2.24, 2.45) is 0 Å². The molecule has 0 bridgehead atoms. The summed E-state index contributed by atoms with van der Waals surface area (Å²) in [5.41, 5.74) is 0.881. The number of hydrogen-bond donors (Lipinski definition) is 1. The van der Waals surface area contributed by atoms with E-state index in [9.17, 15) is 9.59 Å². The second-order valence-corrected chi connectivity index (χ2v) is 8.47. The third-order valence-electron chi connectivity index (χ3n) is 3.41. The van der Waals surface area contributed by atoms with Gasteiger partial charge in [-0.1, -0.05) is 24.3 Å². The van der Waals surface area contributed by atoms with Crippen LogP contribution in [0.5, 0.6) is 0 Å². The first-order valence-electron chi connectivity index (χ1n) is 9.22. The zero-order valence-corrected chi connectivity index (χ0v) is 17.5. The molecule has 0 aliphatic heterocycles. The van der Waals surface area contributed by atoms with E-state index in [1.54, 1.807) is 0 Å². The predicted octanol–water partition coefficient (Wildman–Crippen LogP) is 4.31. The molecular weight excluding hydrogens is 346 g/mol. The molecule has 1 atom stereocenters. The number of aryl methyl sites for hydroxylation is 1. The van der Waals surface area contributed by atoms with Crippen molar-refractivity contribution in [3.05, 3.63) is 35.4 Å². The highest BCUT2D eigenvalue weighted by Crippen LogP contribution is 2.19. The minimum absolute atomic E-state index is 0.157. The summed E-state index contributed by atoms with van der Waals surface area (Å²) in [7, 11) is 0. The molecule has 1 aromatic carbocycles. The van der Waals surface area contributed by atoms with E-state index in [0.29, 0.717) is 0 Å². The Bertz CT molecular complexity index is 628. The predicted molar refractivity (Wildman–Crippen MR) is 105 cm³/mol. The second-order valence-electron chi connectivity index (χ2n) is 8.47. The Labute approximate surface area is 162 Å². The van der Waals surface area contributed by atoms with Crippen LogP contribution in [-0.4, -0.2) is 36.5 Å². The monoisotopic (exact) mass is 379 g/mol. The fourth-order valence-corrected chi connectivity index (χ4v) is 2.39. The average molecular weight is 379 g/mol. The standard InChI is InChI=1S/C21H33NO5/c1-15-10-8-9-11-16(15)17(22-19(24)27-21(5,6)7)14-25-13-12-18(23)26-20(2,3)4/h8-11,17H,12-14H2,1-7H3,(H,22,24)/t17-/m0/s1. The van der Waals surface area contributed by atoms with Crippen molar-refractivity contribution < 1.29 is 23.8 Å². The first-order chi connectivity index (χ1) is 12.4. The van der Waals surface area contributed by atoms with Gasteiger partial charge < -0.3 is 19.5 Å². The number of benzene rings is 1. The van der Waals surface area contributed by atoms with Gasteiger partial charge in [0.15, 0.2) is 0 Å². The maximum atomic E-state index is 12.2. The number of esters is 1. The fraction of sp³-hybridized carbons (Fsp3) is 0.619. The van der Waals surface area contributed by atoms with Crippen molar-refractivity contribution in [2.45, 2.75) is 72.1 Å². The molecule has 0 aliphatic carbocycles. The molecular formula is C21H33NO5. The van der Waals surface area contributed by atoms with E-state index < -0.39 is 17.3 Å². The molecule has 0 spiro atoms. The van der Waals surface area contributed by atoms with Crippen molar-refractivity contribution in [3.63, 3.8) is 0 Å². The van der Waals surface area contributed by atoms with Crippen LogP contribution < -0.4 is 5.32 Å². The number of amides is 1.